The Labute approximate surface area is 136 Å². The predicted octanol–water partition coefficient (Wildman–Crippen LogP) is 6.82. The molecule has 0 N–H and O–H groups in total. The normalized spacial score (nSPS) is 11.1. The third kappa shape index (κ3) is 5.00. The van der Waals surface area contributed by atoms with Crippen LogP contribution in [0.4, 0.5) is 0 Å². The number of hydrogen-bond donors (Lipinski definition) is 0. The van der Waals surface area contributed by atoms with Crippen molar-refractivity contribution in [1.82, 2.24) is 4.98 Å². The number of allylic oxidation sites excluding steroid dienone is 4. The van der Waals surface area contributed by atoms with E-state index in [2.05, 4.69) is 81.4 Å². The number of nitrogens with zero attached hydrogens (tertiary/aromatic N) is 1. The summed E-state index contributed by atoms with van der Waals surface area (Å²) in [6, 6.07) is 10.5. The van der Waals surface area contributed by atoms with Crippen molar-refractivity contribution in [2.75, 3.05) is 0 Å². The summed E-state index contributed by atoms with van der Waals surface area (Å²) in [5.74, 6) is 0. The van der Waals surface area contributed by atoms with E-state index >= 15 is 0 Å². The molecule has 0 saturated carbocycles. The topological polar surface area (TPSA) is 12.9 Å². The first-order chi connectivity index (χ1) is 10.8. The summed E-state index contributed by atoms with van der Waals surface area (Å²) >= 11 is 0. The Kier molecular flexibility index (Phi) is 10.4. The van der Waals surface area contributed by atoms with Crippen LogP contribution in [0.3, 0.4) is 0 Å². The number of hydrogen-bond acceptors (Lipinski definition) is 1. The van der Waals surface area contributed by atoms with Crippen molar-refractivity contribution in [2.45, 2.75) is 41.0 Å². The van der Waals surface area contributed by atoms with E-state index in [9.17, 15) is 0 Å². The van der Waals surface area contributed by atoms with Crippen LogP contribution >= 0.6 is 0 Å². The molecule has 2 rings (SSSR count). The van der Waals surface area contributed by atoms with Crippen molar-refractivity contribution < 1.29 is 0 Å². The second kappa shape index (κ2) is 11.5. The van der Waals surface area contributed by atoms with E-state index in [1.807, 2.05) is 20.0 Å². The fourth-order valence-corrected chi connectivity index (χ4v) is 2.14. The first-order valence-corrected chi connectivity index (χ1v) is 7.95. The van der Waals surface area contributed by atoms with Gasteiger partial charge in [0.05, 0.1) is 5.69 Å². The van der Waals surface area contributed by atoms with Crippen LogP contribution < -0.4 is 0 Å². The molecule has 118 valence electrons. The molecule has 0 aliphatic rings. The zero-order chi connectivity index (χ0) is 17.0. The average molecular weight is 295 g/mol. The molecule has 0 unspecified atom stereocenters. The van der Waals surface area contributed by atoms with E-state index in [4.69, 9.17) is 0 Å². The quantitative estimate of drug-likeness (QED) is 0.447. The highest BCUT2D eigenvalue weighted by Gasteiger charge is 2.08. The van der Waals surface area contributed by atoms with Gasteiger partial charge in [-0.25, -0.2) is 0 Å². The monoisotopic (exact) mass is 295 g/mol. The Bertz CT molecular complexity index is 615. The van der Waals surface area contributed by atoms with Gasteiger partial charge in [-0.2, -0.15) is 0 Å². The van der Waals surface area contributed by atoms with Crippen molar-refractivity contribution in [3.8, 4) is 0 Å². The van der Waals surface area contributed by atoms with Gasteiger partial charge in [0, 0.05) is 11.6 Å². The van der Waals surface area contributed by atoms with E-state index in [0.717, 1.165) is 12.1 Å². The van der Waals surface area contributed by atoms with Crippen LogP contribution in [0.15, 0.2) is 67.4 Å². The molecule has 0 aliphatic carbocycles. The summed E-state index contributed by atoms with van der Waals surface area (Å²) < 4.78 is 0. The number of aromatic nitrogens is 1. The third-order valence-electron chi connectivity index (χ3n) is 3.19. The smallest absolute Gasteiger partial charge is 0.0779 e. The van der Waals surface area contributed by atoms with Gasteiger partial charge in [0.25, 0.3) is 0 Å². The minimum atomic E-state index is 1.02. The molecule has 1 aromatic carbocycles. The number of fused-ring (bicyclic) bond motifs is 1. The minimum Gasteiger partial charge on any atom is -0.256 e. The van der Waals surface area contributed by atoms with Gasteiger partial charge in [-0.3, -0.25) is 4.98 Å². The average Bonchev–Trinajstić information content (AvgIpc) is 2.62. The van der Waals surface area contributed by atoms with Crippen molar-refractivity contribution in [1.29, 1.82) is 0 Å². The Morgan fingerprint density at radius 1 is 1.14 bits per heavy atom. The minimum absolute atomic E-state index is 1.02. The van der Waals surface area contributed by atoms with Gasteiger partial charge in [0.2, 0.25) is 0 Å². The molecule has 1 heteroatoms. The molecule has 0 saturated heterocycles. The van der Waals surface area contributed by atoms with Gasteiger partial charge >= 0.3 is 0 Å². The van der Waals surface area contributed by atoms with Crippen LogP contribution in [0, 0.1) is 0 Å². The molecule has 1 aromatic heterocycles. The van der Waals surface area contributed by atoms with Crippen molar-refractivity contribution in [3.05, 3.63) is 73.1 Å². The Morgan fingerprint density at radius 3 is 2.36 bits per heavy atom. The summed E-state index contributed by atoms with van der Waals surface area (Å²) in [4.78, 5) is 4.59. The van der Waals surface area contributed by atoms with Gasteiger partial charge in [-0.05, 0) is 42.9 Å². The van der Waals surface area contributed by atoms with E-state index in [0.29, 0.717) is 0 Å². The highest BCUT2D eigenvalue weighted by Crippen LogP contribution is 2.28. The highest BCUT2D eigenvalue weighted by atomic mass is 14.7. The summed E-state index contributed by atoms with van der Waals surface area (Å²) in [7, 11) is 0. The summed E-state index contributed by atoms with van der Waals surface area (Å²) in [5, 5.41) is 2.47. The van der Waals surface area contributed by atoms with Crippen LogP contribution in [-0.2, 0) is 0 Å². The van der Waals surface area contributed by atoms with Gasteiger partial charge < -0.3 is 0 Å². The van der Waals surface area contributed by atoms with E-state index in [-0.39, 0.29) is 0 Å². The summed E-state index contributed by atoms with van der Waals surface area (Å²) in [6.45, 7) is 16.4. The third-order valence-corrected chi connectivity index (χ3v) is 3.19. The highest BCUT2D eigenvalue weighted by molar-refractivity contribution is 5.95. The molecule has 2 aromatic rings. The number of pyridine rings is 1. The van der Waals surface area contributed by atoms with Crippen LogP contribution in [0.1, 0.15) is 46.7 Å². The maximum absolute atomic E-state index is 4.59. The molecule has 0 radical (unpaired) electrons. The molecule has 0 fully saturated rings. The maximum Gasteiger partial charge on any atom is 0.0779 e. The fourth-order valence-electron chi connectivity index (χ4n) is 2.14. The first-order valence-electron chi connectivity index (χ1n) is 7.95. The SMILES string of the molecule is C/C=C(C)\C(=C/CC)c1nccc2ccccc12.C=C.CC. The Balaban J connectivity index is 0.00000102. The van der Waals surface area contributed by atoms with Crippen LogP contribution in [0.25, 0.3) is 16.3 Å². The maximum atomic E-state index is 4.59. The molecule has 0 bridgehead atoms. The fraction of sp³-hybridized carbons (Fsp3) is 0.286. The molecular weight excluding hydrogens is 266 g/mol. The molecule has 22 heavy (non-hydrogen) atoms. The molecular formula is C21H29N. The molecule has 1 nitrogen and oxygen atoms in total. The predicted molar refractivity (Wildman–Crippen MR) is 102 cm³/mol. The molecule has 0 spiro atoms. The number of rotatable bonds is 3. The van der Waals surface area contributed by atoms with Crippen LogP contribution in [0.5, 0.6) is 0 Å². The summed E-state index contributed by atoms with van der Waals surface area (Å²) in [6.07, 6.45) is 7.31. The molecule has 1 heterocycles. The van der Waals surface area contributed by atoms with Crippen LogP contribution in [0.2, 0.25) is 0 Å². The zero-order valence-electron chi connectivity index (χ0n) is 14.7. The van der Waals surface area contributed by atoms with Gasteiger partial charge in [-0.15, -0.1) is 13.2 Å². The lowest BCUT2D eigenvalue weighted by Gasteiger charge is -2.10. The Morgan fingerprint density at radius 2 is 1.77 bits per heavy atom. The second-order valence-electron chi connectivity index (χ2n) is 4.38. The largest absolute Gasteiger partial charge is 0.256 e. The molecule has 0 atom stereocenters. The summed E-state index contributed by atoms with van der Waals surface area (Å²) in [5.41, 5.74) is 3.61. The van der Waals surface area contributed by atoms with E-state index < -0.39 is 0 Å². The van der Waals surface area contributed by atoms with Crippen molar-refractivity contribution >= 4 is 16.3 Å². The molecule has 0 aliphatic heterocycles. The van der Waals surface area contributed by atoms with Gasteiger partial charge in [0.1, 0.15) is 0 Å². The zero-order valence-corrected chi connectivity index (χ0v) is 14.7. The van der Waals surface area contributed by atoms with Crippen LogP contribution in [-0.4, -0.2) is 4.98 Å². The van der Waals surface area contributed by atoms with E-state index in [1.165, 1.54) is 21.9 Å². The lowest BCUT2D eigenvalue weighted by atomic mass is 9.98. The standard InChI is InChI=1S/C17H19N.C2H6.C2H4/c1-4-8-15(13(3)5-2)17-16-10-7-6-9-14(16)11-12-18-17;2*1-2/h5-12H,4H2,1-3H3;1-2H3;1-2H2/b13-5-,15-8+;;. The van der Waals surface area contributed by atoms with Gasteiger partial charge in [-0.1, -0.05) is 57.2 Å². The van der Waals surface area contributed by atoms with Crippen molar-refractivity contribution in [2.24, 2.45) is 0 Å². The van der Waals surface area contributed by atoms with Gasteiger partial charge in [0.15, 0.2) is 0 Å². The second-order valence-corrected chi connectivity index (χ2v) is 4.38. The first kappa shape index (κ1) is 19.9. The lowest BCUT2D eigenvalue weighted by molar-refractivity contribution is 1.20. The van der Waals surface area contributed by atoms with Crippen molar-refractivity contribution in [3.63, 3.8) is 0 Å². The lowest BCUT2D eigenvalue weighted by Crippen LogP contribution is -1.93. The number of benzene rings is 1. The van der Waals surface area contributed by atoms with E-state index in [1.54, 1.807) is 0 Å². The molecule has 0 amide bonds. The Hall–Kier alpha value is -2.15.